The number of benzene rings is 2. The fraction of sp³-hybridized carbons (Fsp3) is 0.188. The van der Waals surface area contributed by atoms with Crippen molar-refractivity contribution >= 4 is 11.7 Å². The van der Waals surface area contributed by atoms with E-state index in [9.17, 15) is 9.90 Å². The highest BCUT2D eigenvalue weighted by molar-refractivity contribution is 5.89. The molecule has 3 N–H and O–H groups in total. The molecular formula is C16H18N2O4. The summed E-state index contributed by atoms with van der Waals surface area (Å²) >= 11 is 0. The minimum Gasteiger partial charge on any atom is -0.504 e. The molecule has 0 atom stereocenters. The van der Waals surface area contributed by atoms with Crippen molar-refractivity contribution in [1.82, 2.24) is 5.32 Å². The van der Waals surface area contributed by atoms with E-state index < -0.39 is 0 Å². The molecule has 116 valence electrons. The van der Waals surface area contributed by atoms with Gasteiger partial charge in [0.15, 0.2) is 11.5 Å². The fourth-order valence-electron chi connectivity index (χ4n) is 1.89. The van der Waals surface area contributed by atoms with Crippen molar-refractivity contribution < 1.29 is 19.4 Å². The Labute approximate surface area is 128 Å². The topological polar surface area (TPSA) is 79.8 Å². The molecule has 0 heterocycles. The monoisotopic (exact) mass is 302 g/mol. The third-order valence-electron chi connectivity index (χ3n) is 3.02. The van der Waals surface area contributed by atoms with Crippen molar-refractivity contribution in [3.05, 3.63) is 48.0 Å². The van der Waals surface area contributed by atoms with Gasteiger partial charge in [-0.2, -0.15) is 0 Å². The van der Waals surface area contributed by atoms with E-state index in [1.165, 1.54) is 13.2 Å². The molecule has 2 amide bonds. The summed E-state index contributed by atoms with van der Waals surface area (Å²) in [5.74, 6) is 1.10. The maximum absolute atomic E-state index is 11.9. The van der Waals surface area contributed by atoms with Crippen molar-refractivity contribution in [2.24, 2.45) is 0 Å². The number of phenolic OH excluding ortho intramolecular Hbond substituents is 1. The third-order valence-corrected chi connectivity index (χ3v) is 3.02. The smallest absolute Gasteiger partial charge is 0.319 e. The number of ether oxygens (including phenoxy) is 2. The highest BCUT2D eigenvalue weighted by atomic mass is 16.5. The summed E-state index contributed by atoms with van der Waals surface area (Å²) in [6.45, 7) is 0.312. The van der Waals surface area contributed by atoms with Crippen LogP contribution < -0.4 is 20.1 Å². The summed E-state index contributed by atoms with van der Waals surface area (Å²) in [5.41, 5.74) is 1.45. The number of nitrogens with one attached hydrogen (secondary N) is 2. The van der Waals surface area contributed by atoms with Crippen LogP contribution in [0.1, 0.15) is 5.56 Å². The van der Waals surface area contributed by atoms with Gasteiger partial charge in [-0.3, -0.25) is 0 Å². The van der Waals surface area contributed by atoms with Crippen molar-refractivity contribution in [2.45, 2.75) is 6.54 Å². The third kappa shape index (κ3) is 4.05. The Morgan fingerprint density at radius 1 is 1.14 bits per heavy atom. The van der Waals surface area contributed by atoms with E-state index in [1.807, 2.05) is 0 Å². The molecule has 0 aliphatic carbocycles. The van der Waals surface area contributed by atoms with Crippen LogP contribution in [-0.2, 0) is 6.54 Å². The van der Waals surface area contributed by atoms with Gasteiger partial charge < -0.3 is 25.2 Å². The van der Waals surface area contributed by atoms with Crippen molar-refractivity contribution in [1.29, 1.82) is 0 Å². The quantitative estimate of drug-likeness (QED) is 0.793. The van der Waals surface area contributed by atoms with Crippen LogP contribution >= 0.6 is 0 Å². The number of rotatable bonds is 5. The van der Waals surface area contributed by atoms with Crippen molar-refractivity contribution in [2.75, 3.05) is 19.5 Å². The van der Waals surface area contributed by atoms with Gasteiger partial charge in [0.1, 0.15) is 5.75 Å². The van der Waals surface area contributed by atoms with Gasteiger partial charge >= 0.3 is 6.03 Å². The van der Waals surface area contributed by atoms with Crippen molar-refractivity contribution in [3.63, 3.8) is 0 Å². The largest absolute Gasteiger partial charge is 0.504 e. The summed E-state index contributed by atoms with van der Waals surface area (Å²) in [5, 5.41) is 15.0. The summed E-state index contributed by atoms with van der Waals surface area (Å²) in [6, 6.07) is 11.7. The Hall–Kier alpha value is -2.89. The summed E-state index contributed by atoms with van der Waals surface area (Å²) in [6.07, 6.45) is 0. The molecule has 0 aliphatic heterocycles. The van der Waals surface area contributed by atoms with E-state index >= 15 is 0 Å². The Morgan fingerprint density at radius 2 is 1.95 bits per heavy atom. The molecule has 2 aromatic rings. The van der Waals surface area contributed by atoms with Gasteiger partial charge in [-0.05, 0) is 29.8 Å². The zero-order valence-electron chi connectivity index (χ0n) is 12.4. The molecule has 0 saturated carbocycles. The number of aromatic hydroxyl groups is 1. The molecule has 0 aliphatic rings. The second-order valence-corrected chi connectivity index (χ2v) is 4.55. The Morgan fingerprint density at radius 3 is 2.68 bits per heavy atom. The highest BCUT2D eigenvalue weighted by Gasteiger charge is 2.05. The Kier molecular flexibility index (Phi) is 5.08. The number of urea groups is 1. The minimum atomic E-state index is -0.333. The van der Waals surface area contributed by atoms with Crippen LogP contribution in [0.25, 0.3) is 0 Å². The van der Waals surface area contributed by atoms with Crippen LogP contribution in [-0.4, -0.2) is 25.4 Å². The molecule has 22 heavy (non-hydrogen) atoms. The number of phenols is 1. The van der Waals surface area contributed by atoms with E-state index in [0.29, 0.717) is 23.7 Å². The van der Waals surface area contributed by atoms with Crippen molar-refractivity contribution in [3.8, 4) is 17.2 Å². The molecule has 6 heteroatoms. The van der Waals surface area contributed by atoms with Gasteiger partial charge in [-0.25, -0.2) is 4.79 Å². The second-order valence-electron chi connectivity index (χ2n) is 4.55. The predicted octanol–water partition coefficient (Wildman–Crippen LogP) is 2.73. The lowest BCUT2D eigenvalue weighted by atomic mass is 10.2. The van der Waals surface area contributed by atoms with E-state index in [2.05, 4.69) is 10.6 Å². The Balaban J connectivity index is 1.92. The van der Waals surface area contributed by atoms with Gasteiger partial charge in [0.25, 0.3) is 0 Å². The van der Waals surface area contributed by atoms with Gasteiger partial charge in [0.05, 0.1) is 14.2 Å². The first-order valence-electron chi connectivity index (χ1n) is 6.67. The first-order valence-corrected chi connectivity index (χ1v) is 6.67. The average molecular weight is 302 g/mol. The van der Waals surface area contributed by atoms with Crippen LogP contribution in [0.2, 0.25) is 0 Å². The zero-order chi connectivity index (χ0) is 15.9. The molecule has 6 nitrogen and oxygen atoms in total. The van der Waals surface area contributed by atoms with Crippen LogP contribution in [0.3, 0.4) is 0 Å². The molecule has 0 spiro atoms. The molecule has 0 fully saturated rings. The molecule has 0 bridgehead atoms. The molecule has 0 radical (unpaired) electrons. The van der Waals surface area contributed by atoms with Crippen LogP contribution in [0.15, 0.2) is 42.5 Å². The lowest BCUT2D eigenvalue weighted by Gasteiger charge is -2.10. The fourth-order valence-corrected chi connectivity index (χ4v) is 1.89. The molecule has 0 unspecified atom stereocenters. The number of carbonyl (C=O) groups excluding carboxylic acids is 1. The lowest BCUT2D eigenvalue weighted by molar-refractivity contribution is 0.251. The second kappa shape index (κ2) is 7.21. The van der Waals surface area contributed by atoms with Gasteiger partial charge in [0, 0.05) is 18.3 Å². The zero-order valence-corrected chi connectivity index (χ0v) is 12.4. The molecular weight excluding hydrogens is 284 g/mol. The normalized spacial score (nSPS) is 9.91. The van der Waals surface area contributed by atoms with Crippen LogP contribution in [0, 0.1) is 0 Å². The number of methoxy groups -OCH3 is 2. The SMILES string of the molecule is COc1cccc(NC(=O)NCc2ccc(O)c(OC)c2)c1. The average Bonchev–Trinajstić information content (AvgIpc) is 2.54. The van der Waals surface area contributed by atoms with E-state index in [4.69, 9.17) is 9.47 Å². The number of hydrogen-bond donors (Lipinski definition) is 3. The standard InChI is InChI=1S/C16H18N2O4/c1-21-13-5-3-4-12(9-13)18-16(20)17-10-11-6-7-14(19)15(8-11)22-2/h3-9,19H,10H2,1-2H3,(H2,17,18,20). The molecule has 2 aromatic carbocycles. The van der Waals surface area contributed by atoms with E-state index in [-0.39, 0.29) is 11.8 Å². The summed E-state index contributed by atoms with van der Waals surface area (Å²) < 4.78 is 10.1. The molecule has 0 aromatic heterocycles. The lowest BCUT2D eigenvalue weighted by Crippen LogP contribution is -2.28. The predicted molar refractivity (Wildman–Crippen MR) is 83.5 cm³/mol. The maximum Gasteiger partial charge on any atom is 0.319 e. The first-order chi connectivity index (χ1) is 10.6. The number of anilines is 1. The van der Waals surface area contributed by atoms with Crippen LogP contribution in [0.5, 0.6) is 17.2 Å². The highest BCUT2D eigenvalue weighted by Crippen LogP contribution is 2.26. The summed E-state index contributed by atoms with van der Waals surface area (Å²) in [7, 11) is 3.04. The van der Waals surface area contributed by atoms with Gasteiger partial charge in [-0.15, -0.1) is 0 Å². The molecule has 2 rings (SSSR count). The number of hydrogen-bond acceptors (Lipinski definition) is 4. The minimum absolute atomic E-state index is 0.0621. The van der Waals surface area contributed by atoms with Gasteiger partial charge in [-0.1, -0.05) is 12.1 Å². The summed E-state index contributed by atoms with van der Waals surface area (Å²) in [4.78, 5) is 11.9. The number of carbonyl (C=O) groups is 1. The van der Waals surface area contributed by atoms with Crippen LogP contribution in [0.4, 0.5) is 10.5 Å². The van der Waals surface area contributed by atoms with E-state index in [1.54, 1.807) is 43.5 Å². The molecule has 0 saturated heterocycles. The number of amides is 2. The van der Waals surface area contributed by atoms with Gasteiger partial charge in [0.2, 0.25) is 0 Å². The van der Waals surface area contributed by atoms with E-state index in [0.717, 1.165) is 5.56 Å². The Bertz CT molecular complexity index is 658. The first kappa shape index (κ1) is 15.5. The maximum atomic E-state index is 11.9.